The highest BCUT2D eigenvalue weighted by atomic mass is 32.2. The van der Waals surface area contributed by atoms with Crippen LogP contribution < -0.4 is 4.72 Å². The number of nitrogens with one attached hydrogen (secondary N) is 1. The topological polar surface area (TPSA) is 72.5 Å². The Bertz CT molecular complexity index is 843. The largest absolute Gasteiger partial charge is 0.463 e. The van der Waals surface area contributed by atoms with Crippen molar-refractivity contribution in [1.82, 2.24) is 4.72 Å². The summed E-state index contributed by atoms with van der Waals surface area (Å²) in [4.78, 5) is 12.2. The third-order valence-corrected chi connectivity index (χ3v) is 5.06. The highest BCUT2D eigenvalue weighted by Crippen LogP contribution is 2.24. The van der Waals surface area contributed by atoms with Gasteiger partial charge in [0, 0.05) is 0 Å². The molecule has 0 aliphatic carbocycles. The van der Waals surface area contributed by atoms with E-state index < -0.39 is 22.0 Å². The fourth-order valence-electron chi connectivity index (χ4n) is 2.27. The van der Waals surface area contributed by atoms with Crippen LogP contribution in [0.1, 0.15) is 24.1 Å². The van der Waals surface area contributed by atoms with Crippen molar-refractivity contribution in [3.05, 3.63) is 77.9 Å². The number of esters is 1. The Morgan fingerprint density at radius 2 is 1.72 bits per heavy atom. The van der Waals surface area contributed by atoms with Gasteiger partial charge in [-0.25, -0.2) is 13.2 Å². The summed E-state index contributed by atoms with van der Waals surface area (Å²) >= 11 is 0. The van der Waals surface area contributed by atoms with E-state index in [1.54, 1.807) is 43.3 Å². The Morgan fingerprint density at radius 1 is 1.12 bits per heavy atom. The highest BCUT2D eigenvalue weighted by Gasteiger charge is 2.27. The van der Waals surface area contributed by atoms with Crippen molar-refractivity contribution in [2.24, 2.45) is 0 Å². The molecular weight excluding hydrogens is 338 g/mol. The van der Waals surface area contributed by atoms with E-state index in [4.69, 9.17) is 4.74 Å². The number of benzene rings is 2. The van der Waals surface area contributed by atoms with Crippen LogP contribution in [0.2, 0.25) is 0 Å². The number of carbonyl (C=O) groups is 1. The van der Waals surface area contributed by atoms with E-state index >= 15 is 0 Å². The van der Waals surface area contributed by atoms with Crippen LogP contribution in [0.15, 0.2) is 71.6 Å². The van der Waals surface area contributed by atoms with E-state index in [9.17, 15) is 13.2 Å². The summed E-state index contributed by atoms with van der Waals surface area (Å²) in [5.74, 6) is -0.636. The summed E-state index contributed by atoms with van der Waals surface area (Å²) in [6.07, 6.45) is 0. The van der Waals surface area contributed by atoms with Gasteiger partial charge in [-0.3, -0.25) is 0 Å². The van der Waals surface area contributed by atoms with Gasteiger partial charge in [-0.05, 0) is 31.5 Å². The van der Waals surface area contributed by atoms with Gasteiger partial charge in [0.2, 0.25) is 10.0 Å². The minimum atomic E-state index is -3.84. The molecule has 0 radical (unpaired) electrons. The van der Waals surface area contributed by atoms with Gasteiger partial charge in [0.15, 0.2) is 0 Å². The molecule has 2 rings (SSSR count). The van der Waals surface area contributed by atoms with Gasteiger partial charge in [-0.15, -0.1) is 0 Å². The first-order chi connectivity index (χ1) is 11.8. The highest BCUT2D eigenvalue weighted by molar-refractivity contribution is 7.89. The van der Waals surface area contributed by atoms with E-state index in [0.29, 0.717) is 5.56 Å². The van der Waals surface area contributed by atoms with Crippen LogP contribution in [0.4, 0.5) is 0 Å². The molecule has 0 aromatic heterocycles. The molecule has 2 aromatic rings. The third-order valence-electron chi connectivity index (χ3n) is 3.62. The molecule has 0 bridgehead atoms. The number of rotatable bonds is 7. The van der Waals surface area contributed by atoms with Crippen molar-refractivity contribution in [3.63, 3.8) is 0 Å². The van der Waals surface area contributed by atoms with Crippen LogP contribution in [0.25, 0.3) is 0 Å². The first kappa shape index (κ1) is 18.9. The zero-order chi connectivity index (χ0) is 18.4. The number of ether oxygens (including phenoxy) is 1. The van der Waals surface area contributed by atoms with Crippen LogP contribution in [0.3, 0.4) is 0 Å². The van der Waals surface area contributed by atoms with Crippen LogP contribution in [-0.2, 0) is 19.6 Å². The SMILES string of the molecule is C=C(C(=O)OCC)C(NS(=O)(=O)c1ccc(C)cc1)c1ccccc1. The molecule has 6 heteroatoms. The second kappa shape index (κ2) is 8.09. The van der Waals surface area contributed by atoms with E-state index in [0.717, 1.165) is 5.56 Å². The number of hydrogen-bond donors (Lipinski definition) is 1. The Hall–Kier alpha value is -2.44. The summed E-state index contributed by atoms with van der Waals surface area (Å²) in [5, 5.41) is 0. The molecule has 0 saturated carbocycles. The van der Waals surface area contributed by atoms with Gasteiger partial charge >= 0.3 is 5.97 Å². The average Bonchev–Trinajstić information content (AvgIpc) is 2.60. The van der Waals surface area contributed by atoms with Gasteiger partial charge in [0.05, 0.1) is 23.1 Å². The standard InChI is InChI=1S/C19H21NO4S/c1-4-24-19(21)15(3)18(16-8-6-5-7-9-16)20-25(22,23)17-12-10-14(2)11-13-17/h5-13,18,20H,3-4H2,1-2H3. The zero-order valence-corrected chi connectivity index (χ0v) is 15.0. The summed E-state index contributed by atoms with van der Waals surface area (Å²) < 4.78 is 32.9. The van der Waals surface area contributed by atoms with Crippen LogP contribution in [-0.4, -0.2) is 21.0 Å². The molecule has 2 aromatic carbocycles. The van der Waals surface area contributed by atoms with Gasteiger partial charge in [-0.2, -0.15) is 4.72 Å². The molecular formula is C19H21NO4S. The number of carbonyl (C=O) groups excluding carboxylic acids is 1. The van der Waals surface area contributed by atoms with Crippen molar-refractivity contribution in [3.8, 4) is 0 Å². The first-order valence-corrected chi connectivity index (χ1v) is 9.33. The van der Waals surface area contributed by atoms with Crippen molar-refractivity contribution in [2.45, 2.75) is 24.8 Å². The Kier molecular flexibility index (Phi) is 6.12. The molecule has 0 spiro atoms. The second-order valence-electron chi connectivity index (χ2n) is 5.52. The van der Waals surface area contributed by atoms with Crippen LogP contribution in [0.5, 0.6) is 0 Å². The smallest absolute Gasteiger partial charge is 0.335 e. The monoisotopic (exact) mass is 359 g/mol. The van der Waals surface area contributed by atoms with E-state index in [-0.39, 0.29) is 17.1 Å². The van der Waals surface area contributed by atoms with E-state index in [2.05, 4.69) is 11.3 Å². The molecule has 0 amide bonds. The van der Waals surface area contributed by atoms with Gasteiger partial charge < -0.3 is 4.74 Å². The lowest BCUT2D eigenvalue weighted by atomic mass is 10.0. The summed E-state index contributed by atoms with van der Waals surface area (Å²) in [6.45, 7) is 7.48. The van der Waals surface area contributed by atoms with Crippen molar-refractivity contribution in [1.29, 1.82) is 0 Å². The Labute approximate surface area is 148 Å². The maximum atomic E-state index is 12.7. The number of hydrogen-bond acceptors (Lipinski definition) is 4. The lowest BCUT2D eigenvalue weighted by Crippen LogP contribution is -2.32. The molecule has 0 saturated heterocycles. The average molecular weight is 359 g/mol. The van der Waals surface area contributed by atoms with Gasteiger partial charge in [0.1, 0.15) is 0 Å². The molecule has 0 heterocycles. The molecule has 132 valence electrons. The number of sulfonamides is 1. The quantitative estimate of drug-likeness (QED) is 0.609. The third kappa shape index (κ3) is 4.78. The Morgan fingerprint density at radius 3 is 2.28 bits per heavy atom. The summed E-state index contributed by atoms with van der Waals surface area (Å²) in [5.41, 5.74) is 1.59. The van der Waals surface area contributed by atoms with Crippen molar-refractivity contribution >= 4 is 16.0 Å². The maximum Gasteiger partial charge on any atom is 0.335 e. The van der Waals surface area contributed by atoms with Crippen molar-refractivity contribution < 1.29 is 17.9 Å². The van der Waals surface area contributed by atoms with Crippen LogP contribution >= 0.6 is 0 Å². The summed E-state index contributed by atoms with van der Waals surface area (Å²) in [7, 11) is -3.84. The molecule has 1 N–H and O–H groups in total. The first-order valence-electron chi connectivity index (χ1n) is 7.85. The van der Waals surface area contributed by atoms with Crippen molar-refractivity contribution in [2.75, 3.05) is 6.61 Å². The lowest BCUT2D eigenvalue weighted by molar-refractivity contribution is -0.138. The zero-order valence-electron chi connectivity index (χ0n) is 14.2. The fraction of sp³-hybridized carbons (Fsp3) is 0.211. The molecule has 25 heavy (non-hydrogen) atoms. The van der Waals surface area contributed by atoms with E-state index in [1.807, 2.05) is 13.0 Å². The molecule has 1 atom stereocenters. The fourth-order valence-corrected chi connectivity index (χ4v) is 3.49. The molecule has 1 unspecified atom stereocenters. The predicted octanol–water partition coefficient (Wildman–Crippen LogP) is 3.13. The molecule has 0 fully saturated rings. The molecule has 0 aliphatic rings. The second-order valence-corrected chi connectivity index (χ2v) is 7.24. The van der Waals surface area contributed by atoms with Crippen LogP contribution in [0, 0.1) is 6.92 Å². The summed E-state index contributed by atoms with van der Waals surface area (Å²) in [6, 6.07) is 14.4. The van der Waals surface area contributed by atoms with Gasteiger partial charge in [-0.1, -0.05) is 54.6 Å². The minimum Gasteiger partial charge on any atom is -0.463 e. The Balaban J connectivity index is 2.37. The van der Waals surface area contributed by atoms with Gasteiger partial charge in [0.25, 0.3) is 0 Å². The predicted molar refractivity (Wildman–Crippen MR) is 96.5 cm³/mol. The number of aryl methyl sites for hydroxylation is 1. The normalized spacial score (nSPS) is 12.4. The molecule has 5 nitrogen and oxygen atoms in total. The maximum absolute atomic E-state index is 12.7. The lowest BCUT2D eigenvalue weighted by Gasteiger charge is -2.20. The minimum absolute atomic E-state index is 0.0312. The van der Waals surface area contributed by atoms with E-state index in [1.165, 1.54) is 12.1 Å². The molecule has 0 aliphatic heterocycles.